The van der Waals surface area contributed by atoms with Gasteiger partial charge in [-0.15, -0.1) is 0 Å². The summed E-state index contributed by atoms with van der Waals surface area (Å²) in [6.07, 6.45) is -6.02. The number of aliphatic carboxylic acids is 1. The van der Waals surface area contributed by atoms with Gasteiger partial charge in [-0.25, -0.2) is 4.79 Å². The van der Waals surface area contributed by atoms with Gasteiger partial charge in [0.1, 0.15) is 0 Å². The van der Waals surface area contributed by atoms with Crippen molar-refractivity contribution in [3.05, 3.63) is 0 Å². The maximum Gasteiger partial charge on any atom is 0.674 e. The first-order valence-corrected chi connectivity index (χ1v) is 4.81. The Morgan fingerprint density at radius 3 is 0.692 bits per heavy atom. The monoisotopic (exact) mass is 420 g/mol. The van der Waals surface area contributed by atoms with Crippen LogP contribution in [0.5, 0.6) is 0 Å². The van der Waals surface area contributed by atoms with Gasteiger partial charge in [0.2, 0.25) is 0 Å². The Kier molecular flexibility index (Phi) is 25.6. The molecule has 23 heteroatoms. The quantitative estimate of drug-likeness (QED) is 0.156. The molecule has 0 unspecified atom stereocenters. The van der Waals surface area contributed by atoms with Gasteiger partial charge in [-0.05, 0) is 0 Å². The molecule has 0 atom stereocenters. The summed E-state index contributed by atoms with van der Waals surface area (Å²) in [5.74, 6) is -8.84. The molecule has 0 fully saturated rings. The molecule has 0 spiro atoms. The van der Waals surface area contributed by atoms with E-state index in [1.54, 1.807) is 0 Å². The Labute approximate surface area is 138 Å². The molecular weight excluding hydrogens is 410 g/mol. The molecule has 0 aromatic heterocycles. The third kappa shape index (κ3) is 56.9. The second-order valence-electron chi connectivity index (χ2n) is 2.62. The highest BCUT2D eigenvalue weighted by Gasteiger charge is 2.64. The molecular formula is C3H9B4F9O10. The predicted octanol–water partition coefficient (Wildman–Crippen LogP) is -3.03. The molecule has 0 aliphatic heterocycles. The van der Waals surface area contributed by atoms with Crippen LogP contribution in [0.1, 0.15) is 0 Å². The average Bonchev–Trinajstić information content (AvgIpc) is 2.23. The molecule has 0 saturated heterocycles. The lowest BCUT2D eigenvalue weighted by molar-refractivity contribution is -0.277. The minimum atomic E-state index is -6.02. The minimum Gasteiger partial charge on any atom is -0.477 e. The molecule has 0 radical (unpaired) electrons. The fourth-order valence-corrected chi connectivity index (χ4v) is 0.121. The van der Waals surface area contributed by atoms with Crippen molar-refractivity contribution in [2.45, 2.75) is 12.1 Å². The Morgan fingerprint density at radius 2 is 0.692 bits per heavy atom. The fourth-order valence-electron chi connectivity index (χ4n) is 0.121. The smallest absolute Gasteiger partial charge is 0.477 e. The van der Waals surface area contributed by atoms with E-state index in [-0.39, 0.29) is 0 Å². The lowest BCUT2D eigenvalue weighted by atomic mass is 10.3. The second-order valence-corrected chi connectivity index (χ2v) is 2.62. The largest absolute Gasteiger partial charge is 0.674 e. The molecule has 0 heterocycles. The Hall–Kier alpha value is -1.22. The van der Waals surface area contributed by atoms with Gasteiger partial charge in [-0.2, -0.15) is 22.0 Å². The number of alkyl halides is 5. The Balaban J connectivity index is -0.0000000776. The zero-order valence-corrected chi connectivity index (χ0v) is 11.6. The van der Waals surface area contributed by atoms with E-state index in [1.165, 1.54) is 0 Å². The number of carbonyl (C=O) groups is 1. The molecule has 26 heavy (non-hydrogen) atoms. The van der Waals surface area contributed by atoms with Crippen LogP contribution in [0.2, 0.25) is 0 Å². The van der Waals surface area contributed by atoms with E-state index < -0.39 is 47.7 Å². The maximum absolute atomic E-state index is 11.3. The van der Waals surface area contributed by atoms with Crippen LogP contribution in [0.15, 0.2) is 0 Å². The summed E-state index contributed by atoms with van der Waals surface area (Å²) in [4.78, 5) is 9.20. The maximum atomic E-state index is 11.3. The molecule has 0 amide bonds. The first-order chi connectivity index (χ1) is 11.1. The zero-order valence-electron chi connectivity index (χ0n) is 11.6. The lowest BCUT2D eigenvalue weighted by Crippen LogP contribution is -2.43. The van der Waals surface area contributed by atoms with Crippen molar-refractivity contribution in [1.29, 1.82) is 0 Å². The molecule has 9 N–H and O–H groups in total. The number of carboxylic acid groups (broad SMARTS) is 1. The third-order valence-corrected chi connectivity index (χ3v) is 0.625. The van der Waals surface area contributed by atoms with Crippen LogP contribution in [-0.2, 0) is 4.79 Å². The number of halogens is 9. The second kappa shape index (κ2) is 18.6. The van der Waals surface area contributed by atoms with Gasteiger partial charge in [-0.3, -0.25) is 17.3 Å². The van der Waals surface area contributed by atoms with E-state index in [4.69, 9.17) is 45.3 Å². The zero-order chi connectivity index (χ0) is 22.9. The number of hydrogen-bond donors (Lipinski definition) is 9. The summed E-state index contributed by atoms with van der Waals surface area (Å²) in [5.41, 5.74) is 0. The van der Waals surface area contributed by atoms with Gasteiger partial charge in [-0.1, -0.05) is 0 Å². The summed E-state index contributed by atoms with van der Waals surface area (Å²) in [6, 6.07) is 0. The standard InChI is InChI=1S/C3HF5O2.4BFH2O2/c4-2(5,1(9)10)3(6,7)8;4*2-1(3)4/h(H,9,10);4*3-4H. The van der Waals surface area contributed by atoms with E-state index in [9.17, 15) is 44.0 Å². The van der Waals surface area contributed by atoms with Gasteiger partial charge in [0.25, 0.3) is 0 Å². The molecule has 0 aliphatic rings. The summed E-state index contributed by atoms with van der Waals surface area (Å²) in [5, 5.41) is 62.9. The molecule has 0 rings (SSSR count). The summed E-state index contributed by atoms with van der Waals surface area (Å²) in [7, 11) is -10.7. The van der Waals surface area contributed by atoms with Crippen LogP contribution in [-0.4, -0.2) is 92.9 Å². The van der Waals surface area contributed by atoms with Crippen LogP contribution >= 0.6 is 0 Å². The van der Waals surface area contributed by atoms with E-state index in [0.717, 1.165) is 0 Å². The fraction of sp³-hybridized carbons (Fsp3) is 0.667. The van der Waals surface area contributed by atoms with Crippen LogP contribution in [0.4, 0.5) is 39.2 Å². The molecule has 0 aliphatic carbocycles. The van der Waals surface area contributed by atoms with Gasteiger partial charge in [0.05, 0.1) is 0 Å². The predicted molar refractivity (Wildman–Crippen MR) is 63.8 cm³/mol. The van der Waals surface area contributed by atoms with Crippen molar-refractivity contribution in [2.75, 3.05) is 0 Å². The first-order valence-electron chi connectivity index (χ1n) is 4.81. The molecule has 0 aromatic rings. The highest BCUT2D eigenvalue weighted by molar-refractivity contribution is 6.32. The van der Waals surface area contributed by atoms with E-state index in [0.29, 0.717) is 0 Å². The van der Waals surface area contributed by atoms with Crippen molar-refractivity contribution in [1.82, 2.24) is 0 Å². The van der Waals surface area contributed by atoms with Crippen molar-refractivity contribution in [3.8, 4) is 0 Å². The van der Waals surface area contributed by atoms with Gasteiger partial charge in [0, 0.05) is 0 Å². The summed E-state index contributed by atoms with van der Waals surface area (Å²) >= 11 is 0. The molecule has 0 bridgehead atoms. The van der Waals surface area contributed by atoms with Gasteiger partial charge < -0.3 is 45.3 Å². The highest BCUT2D eigenvalue weighted by Crippen LogP contribution is 2.35. The van der Waals surface area contributed by atoms with Gasteiger partial charge in [0.15, 0.2) is 0 Å². The van der Waals surface area contributed by atoms with E-state index >= 15 is 0 Å². The van der Waals surface area contributed by atoms with Crippen molar-refractivity contribution in [3.63, 3.8) is 0 Å². The van der Waals surface area contributed by atoms with Gasteiger partial charge >= 0.3 is 47.7 Å². The lowest BCUT2D eigenvalue weighted by Gasteiger charge is -2.13. The average molecular weight is 419 g/mol. The van der Waals surface area contributed by atoms with E-state index in [2.05, 4.69) is 0 Å². The Morgan fingerprint density at radius 1 is 0.577 bits per heavy atom. The van der Waals surface area contributed by atoms with Crippen molar-refractivity contribution in [2.24, 2.45) is 0 Å². The van der Waals surface area contributed by atoms with Crippen LogP contribution in [0, 0.1) is 0 Å². The van der Waals surface area contributed by atoms with Crippen molar-refractivity contribution < 1.29 is 89.3 Å². The first kappa shape index (κ1) is 35.8. The number of rotatable bonds is 1. The highest BCUT2D eigenvalue weighted by atomic mass is 19.4. The summed E-state index contributed by atoms with van der Waals surface area (Å²) in [6.45, 7) is 0. The SMILES string of the molecule is O=C(O)C(F)(F)C(F)(F)F.OB(O)F.OB(O)F.OB(O)F.OB(O)F. The molecule has 0 saturated carbocycles. The van der Waals surface area contributed by atoms with Crippen LogP contribution in [0.3, 0.4) is 0 Å². The molecule has 10 nitrogen and oxygen atoms in total. The third-order valence-electron chi connectivity index (χ3n) is 0.625. The Bertz CT molecular complexity index is 282. The normalized spacial score (nSPS) is 9.27. The van der Waals surface area contributed by atoms with Crippen LogP contribution in [0.25, 0.3) is 0 Å². The van der Waals surface area contributed by atoms with Crippen LogP contribution < -0.4 is 0 Å². The van der Waals surface area contributed by atoms with E-state index in [1.807, 2.05) is 0 Å². The number of hydrogen-bond acceptors (Lipinski definition) is 9. The van der Waals surface area contributed by atoms with Crippen molar-refractivity contribution >= 4 is 35.6 Å². The molecule has 0 aromatic carbocycles. The minimum absolute atomic E-state index is 2.67. The molecule has 156 valence electrons. The topological polar surface area (TPSA) is 199 Å². The number of carboxylic acids is 1. The summed E-state index contributed by atoms with van der Waals surface area (Å²) < 4.78 is 96.0.